The number of amides is 10. The summed E-state index contributed by atoms with van der Waals surface area (Å²) < 4.78 is 0. The van der Waals surface area contributed by atoms with E-state index in [0.29, 0.717) is 30.5 Å². The van der Waals surface area contributed by atoms with Crippen LogP contribution in [0, 0.1) is 11.8 Å². The zero-order valence-electron chi connectivity index (χ0n) is 52.8. The number of H-pyrrole nitrogens is 2. The normalized spacial score (nSPS) is 15.3. The first-order chi connectivity index (χ1) is 44.6. The van der Waals surface area contributed by atoms with Gasteiger partial charge in [0.1, 0.15) is 30.2 Å². The number of ketones is 2. The van der Waals surface area contributed by atoms with Gasteiger partial charge in [-0.1, -0.05) is 111 Å². The molecule has 10 amide bonds. The molecule has 1 aliphatic heterocycles. The summed E-state index contributed by atoms with van der Waals surface area (Å²) in [5.41, 5.74) is 21.7. The van der Waals surface area contributed by atoms with Crippen LogP contribution >= 0.6 is 0 Å². The SMILES string of the molecule is CN=C(N)NCCC[C@H](CC(=O)[C@H](CC(C)C)NC(=O)NCC(=O)[C@H](Cc1ccccc1)NC(=O)[C@H]1CCCN1C(=O)[C@H](CC(N)=O)NC(=O)[C@@H](Cc1c[nH]c2ccccc12)NC(=O)[C@@H](Cc1ccccc1)NC(C)=O)C(=O)N[C@@H](Cc1c[nH]c2ccccc12)C(N)=O. The van der Waals surface area contributed by atoms with Gasteiger partial charge < -0.3 is 74.6 Å². The van der Waals surface area contributed by atoms with Crippen LogP contribution in [0.2, 0.25) is 0 Å². The first kappa shape index (κ1) is 70.1. The Balaban J connectivity index is 1.03. The van der Waals surface area contributed by atoms with Gasteiger partial charge in [-0.15, -0.1) is 0 Å². The first-order valence-electron chi connectivity index (χ1n) is 31.2. The van der Waals surface area contributed by atoms with Crippen molar-refractivity contribution in [2.45, 2.75) is 134 Å². The van der Waals surface area contributed by atoms with Crippen molar-refractivity contribution in [3.8, 4) is 0 Å². The molecule has 0 saturated carbocycles. The molecule has 26 nitrogen and oxygen atoms in total. The monoisotopic (exact) mass is 1280 g/mol. The molecular weight excluding hydrogens is 1190 g/mol. The minimum Gasteiger partial charge on any atom is -0.370 e. The number of aromatic nitrogens is 2. The summed E-state index contributed by atoms with van der Waals surface area (Å²) in [7, 11) is 1.51. The van der Waals surface area contributed by atoms with Crippen LogP contribution in [0.3, 0.4) is 0 Å². The van der Waals surface area contributed by atoms with Crippen LogP contribution in [0.5, 0.6) is 0 Å². The number of nitrogens with zero attached hydrogens (tertiary/aromatic N) is 2. The third kappa shape index (κ3) is 20.8. The van der Waals surface area contributed by atoms with Crippen LogP contribution < -0.4 is 59.7 Å². The molecule has 0 spiro atoms. The second kappa shape index (κ2) is 34.1. The van der Waals surface area contributed by atoms with Crippen molar-refractivity contribution in [2.24, 2.45) is 34.0 Å². The molecule has 1 saturated heterocycles. The van der Waals surface area contributed by atoms with Gasteiger partial charge in [-0.3, -0.25) is 52.9 Å². The smallest absolute Gasteiger partial charge is 0.315 e. The lowest BCUT2D eigenvalue weighted by atomic mass is 9.90. The van der Waals surface area contributed by atoms with E-state index < -0.39 is 126 Å². The minimum atomic E-state index is -1.63. The molecule has 4 aromatic carbocycles. The van der Waals surface area contributed by atoms with Crippen molar-refractivity contribution in [3.05, 3.63) is 144 Å². The van der Waals surface area contributed by atoms with Crippen LogP contribution in [0.15, 0.2) is 127 Å². The number of rotatable bonds is 34. The largest absolute Gasteiger partial charge is 0.370 e. The Kier molecular flexibility index (Phi) is 25.7. The fourth-order valence-electron chi connectivity index (χ4n) is 11.5. The van der Waals surface area contributed by atoms with Crippen molar-refractivity contribution in [2.75, 3.05) is 26.7 Å². The number of hydrogen-bond acceptors (Lipinski definition) is 12. The summed E-state index contributed by atoms with van der Waals surface area (Å²) in [6.07, 6.45) is 3.49. The molecule has 1 fully saturated rings. The van der Waals surface area contributed by atoms with E-state index in [1.165, 1.54) is 18.9 Å². The third-order valence-electron chi connectivity index (χ3n) is 16.2. The quantitative estimate of drug-likeness (QED) is 0.0156. The molecule has 7 rings (SSSR count). The number of carbonyl (C=O) groups is 11. The zero-order valence-corrected chi connectivity index (χ0v) is 52.8. The van der Waals surface area contributed by atoms with Gasteiger partial charge >= 0.3 is 6.03 Å². The number of guanidine groups is 1. The van der Waals surface area contributed by atoms with Crippen molar-refractivity contribution < 1.29 is 52.7 Å². The Morgan fingerprint density at radius 3 is 1.68 bits per heavy atom. The highest BCUT2D eigenvalue weighted by Gasteiger charge is 2.41. The lowest BCUT2D eigenvalue weighted by Gasteiger charge is -2.30. The number of urea groups is 1. The Bertz CT molecular complexity index is 3650. The highest BCUT2D eigenvalue weighted by molar-refractivity contribution is 6.00. The van der Waals surface area contributed by atoms with Gasteiger partial charge in [0.2, 0.25) is 47.3 Å². The number of para-hydroxylation sites is 2. The number of hydrogen-bond donors (Lipinski definition) is 13. The minimum absolute atomic E-state index is 0.0104. The van der Waals surface area contributed by atoms with Crippen molar-refractivity contribution in [1.82, 2.24) is 57.4 Å². The van der Waals surface area contributed by atoms with Crippen molar-refractivity contribution >= 4 is 92.6 Å². The number of benzene rings is 4. The van der Waals surface area contributed by atoms with Gasteiger partial charge in [0, 0.05) is 92.9 Å². The summed E-state index contributed by atoms with van der Waals surface area (Å²) >= 11 is 0. The second-order valence-electron chi connectivity index (χ2n) is 23.8. The van der Waals surface area contributed by atoms with Gasteiger partial charge in [-0.25, -0.2) is 4.79 Å². The van der Waals surface area contributed by atoms with Crippen molar-refractivity contribution in [1.29, 1.82) is 0 Å². The Hall–Kier alpha value is -10.4. The number of aliphatic imine (C=N–C) groups is 1. The average molecular weight is 1280 g/mol. The number of aromatic amines is 2. The van der Waals surface area contributed by atoms with Gasteiger partial charge in [0.25, 0.3) is 0 Å². The van der Waals surface area contributed by atoms with E-state index in [-0.39, 0.29) is 69.8 Å². The molecule has 93 heavy (non-hydrogen) atoms. The highest BCUT2D eigenvalue weighted by Crippen LogP contribution is 2.24. The Morgan fingerprint density at radius 2 is 1.12 bits per heavy atom. The average Bonchev–Trinajstić information content (AvgIpc) is 1.84. The van der Waals surface area contributed by atoms with Gasteiger partial charge in [-0.05, 0) is 78.8 Å². The molecule has 26 heteroatoms. The third-order valence-corrected chi connectivity index (χ3v) is 16.2. The number of nitrogens with two attached hydrogens (primary N) is 3. The summed E-state index contributed by atoms with van der Waals surface area (Å²) in [6, 6.07) is 22.7. The maximum absolute atomic E-state index is 14.7. The van der Waals surface area contributed by atoms with Gasteiger partial charge in [0.05, 0.1) is 25.0 Å². The number of primary amides is 2. The maximum Gasteiger partial charge on any atom is 0.315 e. The summed E-state index contributed by atoms with van der Waals surface area (Å²) in [5, 5.41) is 23.4. The molecule has 6 aromatic rings. The molecule has 0 bridgehead atoms. The molecule has 0 radical (unpaired) electrons. The highest BCUT2D eigenvalue weighted by atomic mass is 16.2. The van der Waals surface area contributed by atoms with Crippen LogP contribution in [-0.4, -0.2) is 155 Å². The molecule has 494 valence electrons. The zero-order chi connectivity index (χ0) is 67.1. The molecule has 16 N–H and O–H groups in total. The van der Waals surface area contributed by atoms with Gasteiger partial charge in [0.15, 0.2) is 17.5 Å². The van der Waals surface area contributed by atoms with Crippen LogP contribution in [0.1, 0.15) is 88.0 Å². The van der Waals surface area contributed by atoms with E-state index in [1.54, 1.807) is 73.1 Å². The van der Waals surface area contributed by atoms with Crippen molar-refractivity contribution in [3.63, 3.8) is 0 Å². The van der Waals surface area contributed by atoms with Crippen LogP contribution in [0.4, 0.5) is 4.79 Å². The topological polar surface area (TPSA) is 409 Å². The number of nitrogens with one attached hydrogen (secondary N) is 10. The second-order valence-corrected chi connectivity index (χ2v) is 23.8. The molecule has 2 aromatic heterocycles. The van der Waals surface area contributed by atoms with E-state index in [0.717, 1.165) is 32.9 Å². The van der Waals surface area contributed by atoms with Crippen LogP contribution in [0.25, 0.3) is 21.8 Å². The number of Topliss-reactive ketones (excluding diaryl/α,β-unsaturated/α-hetero) is 2. The standard InChI is InChI=1S/C67H85N15O11/c1-39(2)29-50(57(84)34-43(21-15-27-72-66(70)71-4)61(88)78-52(60(69)87)32-44-36-73-48-24-13-11-22-46(44)48)81-67(93)75-38-58(85)51(30-41-17-7-5-8-18-41)77-64(91)56-26-16-28-82(56)65(92)55(35-59(68)86)80-63(90)54(33-45-37-74-49-25-14-12-23-47(45)49)79-62(89)53(76-40(3)83)31-42-19-9-6-10-20-42/h5-14,17-20,22-25,36-37,39,43,50-56,73-74H,15-16,21,26-35,38H2,1-4H3,(H2,68,86)(H2,69,87)(H,76,83)(H,77,91)(H,78,88)(H,79,89)(H,80,90)(H3,70,71,72)(H2,75,81,93)/t43-,50+,51+,52+,53-,54-,55+,56-/m1/s1. The van der Waals surface area contributed by atoms with E-state index >= 15 is 0 Å². The summed E-state index contributed by atoms with van der Waals surface area (Å²) in [4.78, 5) is 164. The Labute approximate surface area is 538 Å². The molecule has 1 aliphatic rings. The lowest BCUT2D eigenvalue weighted by Crippen LogP contribution is -2.60. The molecule has 3 heterocycles. The summed E-state index contributed by atoms with van der Waals surface area (Å²) in [6.45, 7) is 4.63. The Morgan fingerprint density at radius 1 is 0.581 bits per heavy atom. The van der Waals surface area contributed by atoms with E-state index in [2.05, 4.69) is 57.5 Å². The fourth-order valence-corrected chi connectivity index (χ4v) is 11.5. The molecule has 0 aliphatic carbocycles. The predicted octanol–water partition coefficient (Wildman–Crippen LogP) is 1.89. The number of likely N-dealkylation sites (tertiary alicyclic amines) is 1. The van der Waals surface area contributed by atoms with Gasteiger partial charge in [-0.2, -0.15) is 0 Å². The molecule has 8 atom stereocenters. The predicted molar refractivity (Wildman–Crippen MR) is 350 cm³/mol. The maximum atomic E-state index is 14.7. The van der Waals surface area contributed by atoms with E-state index in [1.807, 2.05) is 62.4 Å². The van der Waals surface area contributed by atoms with E-state index in [9.17, 15) is 52.7 Å². The number of carbonyl (C=O) groups excluding carboxylic acids is 11. The fraction of sp³-hybridized carbons (Fsp3) is 0.403. The molecule has 0 unspecified atom stereocenters. The summed E-state index contributed by atoms with van der Waals surface area (Å²) in [5.74, 6) is -8.07. The van der Waals surface area contributed by atoms with E-state index in [4.69, 9.17) is 17.2 Å². The number of fused-ring (bicyclic) bond motifs is 2. The molecular formula is C67H85N15O11. The van der Waals surface area contributed by atoms with Crippen LogP contribution in [-0.2, 0) is 73.6 Å². The lowest BCUT2D eigenvalue weighted by molar-refractivity contribution is -0.143. The first-order valence-corrected chi connectivity index (χ1v) is 31.2.